The first-order valence-corrected chi connectivity index (χ1v) is 6.50. The van der Waals surface area contributed by atoms with Crippen LogP contribution in [0, 0.1) is 0 Å². The van der Waals surface area contributed by atoms with Gasteiger partial charge in [-0.2, -0.15) is 0 Å². The molecular weight excluding hydrogens is 203 g/mol. The molecule has 0 spiro atoms. The molecule has 86 valence electrons. The van der Waals surface area contributed by atoms with Crippen LogP contribution in [0.3, 0.4) is 0 Å². The van der Waals surface area contributed by atoms with E-state index >= 15 is 0 Å². The van der Waals surface area contributed by atoms with E-state index in [9.17, 15) is 0 Å². The summed E-state index contributed by atoms with van der Waals surface area (Å²) in [5.41, 5.74) is 5.87. The molecule has 0 N–H and O–H groups in total. The van der Waals surface area contributed by atoms with Gasteiger partial charge in [0.1, 0.15) is 0 Å². The Kier molecular flexibility index (Phi) is 3.79. The van der Waals surface area contributed by atoms with Gasteiger partial charge in [-0.1, -0.05) is 11.1 Å². The summed E-state index contributed by atoms with van der Waals surface area (Å²) in [5.74, 6) is 0. The zero-order chi connectivity index (χ0) is 11.8. The monoisotopic (exact) mass is 226 g/mol. The molecule has 0 aliphatic heterocycles. The van der Waals surface area contributed by atoms with Crippen LogP contribution in [0.1, 0.15) is 48.5 Å². The molecular formula is C13H23OP. The van der Waals surface area contributed by atoms with Crippen molar-refractivity contribution in [2.75, 3.05) is 0 Å². The average Bonchev–Trinajstić information content (AvgIpc) is 2.32. The minimum atomic E-state index is 0.151. The first-order chi connectivity index (χ1) is 6.80. The van der Waals surface area contributed by atoms with E-state index in [2.05, 4.69) is 48.5 Å². The van der Waals surface area contributed by atoms with Crippen LogP contribution in [0.15, 0.2) is 22.3 Å². The third-order valence-corrected chi connectivity index (χ3v) is 5.43. The van der Waals surface area contributed by atoms with Crippen molar-refractivity contribution < 1.29 is 4.52 Å². The third kappa shape index (κ3) is 2.19. The minimum absolute atomic E-state index is 0.151. The molecule has 0 heterocycles. The zero-order valence-electron chi connectivity index (χ0n) is 11.0. The summed E-state index contributed by atoms with van der Waals surface area (Å²) >= 11 is 0. The topological polar surface area (TPSA) is 9.23 Å². The fourth-order valence-corrected chi connectivity index (χ4v) is 3.14. The Morgan fingerprint density at radius 1 is 1.00 bits per heavy atom. The normalized spacial score (nSPS) is 21.6. The second-order valence-corrected chi connectivity index (χ2v) is 6.33. The lowest BCUT2D eigenvalue weighted by atomic mass is 9.98. The molecule has 15 heavy (non-hydrogen) atoms. The van der Waals surface area contributed by atoms with Crippen LogP contribution in [0.5, 0.6) is 0 Å². The largest absolute Gasteiger partial charge is 0.359 e. The van der Waals surface area contributed by atoms with Gasteiger partial charge in [-0.15, -0.1) is 0 Å². The summed E-state index contributed by atoms with van der Waals surface area (Å²) < 4.78 is 5.83. The van der Waals surface area contributed by atoms with E-state index in [4.69, 9.17) is 4.52 Å². The highest BCUT2D eigenvalue weighted by Crippen LogP contribution is 2.52. The maximum Gasteiger partial charge on any atom is 0.0558 e. The SMILES string of the molecule is CC1=C(C)C(C)(POC(C)C)C(C)=C1C. The molecule has 2 heteroatoms. The number of hydrogen-bond donors (Lipinski definition) is 0. The third-order valence-electron chi connectivity index (χ3n) is 3.69. The molecule has 1 unspecified atom stereocenters. The van der Waals surface area contributed by atoms with Crippen molar-refractivity contribution in [1.29, 1.82) is 0 Å². The lowest BCUT2D eigenvalue weighted by Crippen LogP contribution is -2.20. The van der Waals surface area contributed by atoms with Crippen LogP contribution in [-0.2, 0) is 4.52 Å². The fourth-order valence-electron chi connectivity index (χ4n) is 1.98. The molecule has 0 saturated carbocycles. The molecule has 0 aromatic heterocycles. The second-order valence-electron chi connectivity index (χ2n) is 4.89. The summed E-state index contributed by atoms with van der Waals surface area (Å²) in [4.78, 5) is 0. The molecule has 1 aliphatic carbocycles. The Morgan fingerprint density at radius 2 is 1.40 bits per heavy atom. The van der Waals surface area contributed by atoms with Crippen molar-refractivity contribution in [3.8, 4) is 0 Å². The van der Waals surface area contributed by atoms with Gasteiger partial charge in [0.05, 0.1) is 11.3 Å². The molecule has 0 radical (unpaired) electrons. The van der Waals surface area contributed by atoms with Crippen LogP contribution in [0.25, 0.3) is 0 Å². The first-order valence-electron chi connectivity index (χ1n) is 5.59. The van der Waals surface area contributed by atoms with E-state index in [-0.39, 0.29) is 5.16 Å². The van der Waals surface area contributed by atoms with Crippen molar-refractivity contribution in [2.45, 2.75) is 59.7 Å². The Labute approximate surface area is 95.8 Å². The standard InChI is InChI=1S/C13H23OP/c1-8(2)14-15-13(7)11(5)9(3)10(4)12(13)6/h8,15H,1-7H3. The van der Waals surface area contributed by atoms with Crippen molar-refractivity contribution in [3.63, 3.8) is 0 Å². The smallest absolute Gasteiger partial charge is 0.0558 e. The van der Waals surface area contributed by atoms with E-state index in [1.165, 1.54) is 22.3 Å². The molecule has 0 fully saturated rings. The van der Waals surface area contributed by atoms with Crippen LogP contribution in [0.2, 0.25) is 0 Å². The molecule has 0 aromatic rings. The predicted molar refractivity (Wildman–Crippen MR) is 69.7 cm³/mol. The predicted octanol–water partition coefficient (Wildman–Crippen LogP) is 4.45. The van der Waals surface area contributed by atoms with E-state index in [0.29, 0.717) is 14.9 Å². The minimum Gasteiger partial charge on any atom is -0.359 e. The summed E-state index contributed by atoms with van der Waals surface area (Å²) in [6.45, 7) is 15.4. The Bertz CT molecular complexity index is 299. The highest BCUT2D eigenvalue weighted by Gasteiger charge is 2.36. The zero-order valence-corrected chi connectivity index (χ0v) is 12.0. The summed E-state index contributed by atoms with van der Waals surface area (Å²) in [7, 11) is 0.536. The Morgan fingerprint density at radius 3 is 1.73 bits per heavy atom. The summed E-state index contributed by atoms with van der Waals surface area (Å²) in [6, 6.07) is 0. The van der Waals surface area contributed by atoms with Crippen LogP contribution in [0.4, 0.5) is 0 Å². The Hall–Kier alpha value is -0.130. The van der Waals surface area contributed by atoms with Gasteiger partial charge in [-0.05, 0) is 59.6 Å². The molecule has 0 bridgehead atoms. The lowest BCUT2D eigenvalue weighted by Gasteiger charge is -2.29. The van der Waals surface area contributed by atoms with Gasteiger partial charge in [0, 0.05) is 8.81 Å². The summed E-state index contributed by atoms with van der Waals surface area (Å²) in [6.07, 6.45) is 0.321. The second kappa shape index (κ2) is 4.39. The van der Waals surface area contributed by atoms with Gasteiger partial charge < -0.3 is 4.52 Å². The van der Waals surface area contributed by atoms with Crippen molar-refractivity contribution in [3.05, 3.63) is 22.3 Å². The van der Waals surface area contributed by atoms with Gasteiger partial charge in [-0.25, -0.2) is 0 Å². The van der Waals surface area contributed by atoms with Crippen molar-refractivity contribution in [1.82, 2.24) is 0 Å². The van der Waals surface area contributed by atoms with Crippen LogP contribution < -0.4 is 0 Å². The molecule has 1 atom stereocenters. The summed E-state index contributed by atoms with van der Waals surface area (Å²) in [5, 5.41) is 0.151. The van der Waals surface area contributed by atoms with Crippen LogP contribution >= 0.6 is 8.81 Å². The maximum absolute atomic E-state index is 5.83. The molecule has 0 amide bonds. The highest BCUT2D eigenvalue weighted by atomic mass is 31.1. The number of hydrogen-bond acceptors (Lipinski definition) is 1. The highest BCUT2D eigenvalue weighted by molar-refractivity contribution is 7.35. The maximum atomic E-state index is 5.83. The number of allylic oxidation sites excluding steroid dienone is 4. The molecule has 1 aliphatic rings. The van der Waals surface area contributed by atoms with E-state index in [0.717, 1.165) is 0 Å². The molecule has 0 aromatic carbocycles. The van der Waals surface area contributed by atoms with Crippen molar-refractivity contribution in [2.24, 2.45) is 0 Å². The van der Waals surface area contributed by atoms with E-state index in [1.807, 2.05) is 0 Å². The van der Waals surface area contributed by atoms with Gasteiger partial charge >= 0.3 is 0 Å². The van der Waals surface area contributed by atoms with Gasteiger partial charge in [-0.3, -0.25) is 0 Å². The lowest BCUT2D eigenvalue weighted by molar-refractivity contribution is 0.274. The number of rotatable bonds is 3. The quantitative estimate of drug-likeness (QED) is 0.646. The molecule has 0 saturated heterocycles. The van der Waals surface area contributed by atoms with Crippen LogP contribution in [-0.4, -0.2) is 11.3 Å². The van der Waals surface area contributed by atoms with E-state index < -0.39 is 0 Å². The van der Waals surface area contributed by atoms with Gasteiger partial charge in [0.15, 0.2) is 0 Å². The first kappa shape index (κ1) is 12.9. The molecule has 1 rings (SSSR count). The Balaban J connectivity index is 2.94. The van der Waals surface area contributed by atoms with Crippen molar-refractivity contribution >= 4 is 8.81 Å². The van der Waals surface area contributed by atoms with E-state index in [1.54, 1.807) is 0 Å². The fraction of sp³-hybridized carbons (Fsp3) is 0.692. The average molecular weight is 226 g/mol. The van der Waals surface area contributed by atoms with Gasteiger partial charge in [0.2, 0.25) is 0 Å². The molecule has 1 nitrogen and oxygen atoms in total. The van der Waals surface area contributed by atoms with Gasteiger partial charge in [0.25, 0.3) is 0 Å².